The van der Waals surface area contributed by atoms with Gasteiger partial charge in [0, 0.05) is 0 Å². The van der Waals surface area contributed by atoms with Crippen LogP contribution in [0.25, 0.3) is 11.5 Å². The van der Waals surface area contributed by atoms with Crippen molar-refractivity contribution < 1.29 is 19.1 Å². The quantitative estimate of drug-likeness (QED) is 0.891. The number of hydrogen-bond donors (Lipinski definition) is 1. The average molecular weight is 250 g/mol. The van der Waals surface area contributed by atoms with Gasteiger partial charge in [0.25, 0.3) is 5.89 Å². The van der Waals surface area contributed by atoms with E-state index < -0.39 is 6.10 Å². The van der Waals surface area contributed by atoms with Crippen molar-refractivity contribution in [1.82, 2.24) is 10.1 Å². The summed E-state index contributed by atoms with van der Waals surface area (Å²) in [5.41, 5.74) is 0.622. The normalized spacial score (nSPS) is 12.2. The van der Waals surface area contributed by atoms with E-state index in [0.29, 0.717) is 17.1 Å². The minimum absolute atomic E-state index is 0.231. The Morgan fingerprint density at radius 1 is 1.28 bits per heavy atom. The molecule has 0 fully saturated rings. The third-order valence-corrected chi connectivity index (χ3v) is 2.45. The van der Waals surface area contributed by atoms with Gasteiger partial charge in [-0.05, 0) is 19.1 Å². The lowest BCUT2D eigenvalue weighted by molar-refractivity contribution is 0.184. The molecule has 2 rings (SSSR count). The summed E-state index contributed by atoms with van der Waals surface area (Å²) < 4.78 is 15.6. The summed E-state index contributed by atoms with van der Waals surface area (Å²) in [7, 11) is 3.09. The zero-order chi connectivity index (χ0) is 13.1. The summed E-state index contributed by atoms with van der Waals surface area (Å²) in [5.74, 6) is 1.60. The Morgan fingerprint density at radius 2 is 2.06 bits per heavy atom. The lowest BCUT2D eigenvalue weighted by Crippen LogP contribution is -1.95. The number of rotatable bonds is 4. The number of para-hydroxylation sites is 1. The summed E-state index contributed by atoms with van der Waals surface area (Å²) in [6.45, 7) is 1.57. The molecule has 0 radical (unpaired) electrons. The van der Waals surface area contributed by atoms with Crippen LogP contribution in [0.15, 0.2) is 22.7 Å². The predicted molar refractivity (Wildman–Crippen MR) is 63.5 cm³/mol. The molecule has 0 spiro atoms. The minimum Gasteiger partial charge on any atom is -0.493 e. The molecule has 18 heavy (non-hydrogen) atoms. The van der Waals surface area contributed by atoms with Gasteiger partial charge in [0.05, 0.1) is 19.8 Å². The Labute approximate surface area is 104 Å². The molecular formula is C12H14N2O4. The molecule has 0 bridgehead atoms. The van der Waals surface area contributed by atoms with E-state index in [2.05, 4.69) is 10.1 Å². The smallest absolute Gasteiger partial charge is 0.261 e. The van der Waals surface area contributed by atoms with Gasteiger partial charge < -0.3 is 19.1 Å². The molecule has 1 heterocycles. The van der Waals surface area contributed by atoms with Gasteiger partial charge in [-0.25, -0.2) is 0 Å². The highest BCUT2D eigenvalue weighted by molar-refractivity contribution is 5.67. The molecule has 6 heteroatoms. The Bertz CT molecular complexity index is 537. The standard InChI is InChI=1S/C12H14N2O4/c1-7(15)11-13-12(18-14-11)8-5-4-6-9(16-2)10(8)17-3/h4-7,15H,1-3H3. The van der Waals surface area contributed by atoms with Crippen molar-refractivity contribution >= 4 is 0 Å². The summed E-state index contributed by atoms with van der Waals surface area (Å²) in [6, 6.07) is 5.35. The van der Waals surface area contributed by atoms with Crippen LogP contribution in [-0.4, -0.2) is 29.5 Å². The van der Waals surface area contributed by atoms with Crippen LogP contribution in [0, 0.1) is 0 Å². The molecule has 1 aromatic carbocycles. The second kappa shape index (κ2) is 5.05. The molecule has 6 nitrogen and oxygen atoms in total. The third kappa shape index (κ3) is 2.14. The van der Waals surface area contributed by atoms with E-state index >= 15 is 0 Å². The average Bonchev–Trinajstić information content (AvgIpc) is 2.87. The Hall–Kier alpha value is -2.08. The third-order valence-electron chi connectivity index (χ3n) is 2.45. The van der Waals surface area contributed by atoms with Crippen LogP contribution >= 0.6 is 0 Å². The number of methoxy groups -OCH3 is 2. The van der Waals surface area contributed by atoms with Crippen LogP contribution in [0.5, 0.6) is 11.5 Å². The molecule has 0 saturated heterocycles. The van der Waals surface area contributed by atoms with Gasteiger partial charge in [-0.3, -0.25) is 0 Å². The van der Waals surface area contributed by atoms with Crippen LogP contribution in [0.1, 0.15) is 18.9 Å². The summed E-state index contributed by atoms with van der Waals surface area (Å²) in [4.78, 5) is 4.10. The van der Waals surface area contributed by atoms with Gasteiger partial charge in [-0.15, -0.1) is 0 Å². The molecule has 0 saturated carbocycles. The zero-order valence-electron chi connectivity index (χ0n) is 10.4. The van der Waals surface area contributed by atoms with E-state index in [0.717, 1.165) is 0 Å². The van der Waals surface area contributed by atoms with Gasteiger partial charge >= 0.3 is 0 Å². The van der Waals surface area contributed by atoms with Gasteiger partial charge in [0.15, 0.2) is 17.3 Å². The number of aliphatic hydroxyl groups excluding tert-OH is 1. The van der Waals surface area contributed by atoms with Crippen molar-refractivity contribution in [1.29, 1.82) is 0 Å². The van der Waals surface area contributed by atoms with Crippen molar-refractivity contribution in [2.45, 2.75) is 13.0 Å². The van der Waals surface area contributed by atoms with Crippen LogP contribution in [0.2, 0.25) is 0 Å². The summed E-state index contributed by atoms with van der Waals surface area (Å²) >= 11 is 0. The largest absolute Gasteiger partial charge is 0.493 e. The molecule has 2 aromatic rings. The number of hydrogen-bond acceptors (Lipinski definition) is 6. The number of aromatic nitrogens is 2. The van der Waals surface area contributed by atoms with Crippen LogP contribution in [-0.2, 0) is 0 Å². The predicted octanol–water partition coefficient (Wildman–Crippen LogP) is 1.81. The monoisotopic (exact) mass is 250 g/mol. The lowest BCUT2D eigenvalue weighted by Gasteiger charge is -2.09. The van der Waals surface area contributed by atoms with Crippen molar-refractivity contribution in [2.24, 2.45) is 0 Å². The number of nitrogens with zero attached hydrogens (tertiary/aromatic N) is 2. The van der Waals surface area contributed by atoms with Crippen molar-refractivity contribution in [3.05, 3.63) is 24.0 Å². The van der Waals surface area contributed by atoms with Gasteiger partial charge in [-0.1, -0.05) is 11.2 Å². The number of aliphatic hydroxyl groups is 1. The first-order valence-corrected chi connectivity index (χ1v) is 5.40. The molecule has 0 amide bonds. The number of ether oxygens (including phenoxy) is 2. The van der Waals surface area contributed by atoms with Crippen molar-refractivity contribution in [3.8, 4) is 23.0 Å². The molecule has 96 valence electrons. The summed E-state index contributed by atoms with van der Waals surface area (Å²) in [5, 5.41) is 13.1. The maximum absolute atomic E-state index is 9.37. The van der Waals surface area contributed by atoms with E-state index in [4.69, 9.17) is 14.0 Å². The van der Waals surface area contributed by atoms with E-state index in [-0.39, 0.29) is 11.7 Å². The number of benzene rings is 1. The van der Waals surface area contributed by atoms with Crippen LogP contribution in [0.4, 0.5) is 0 Å². The van der Waals surface area contributed by atoms with Crippen LogP contribution < -0.4 is 9.47 Å². The summed E-state index contributed by atoms with van der Waals surface area (Å²) in [6.07, 6.45) is -0.779. The highest BCUT2D eigenvalue weighted by atomic mass is 16.5. The molecular weight excluding hydrogens is 236 g/mol. The lowest BCUT2D eigenvalue weighted by atomic mass is 10.2. The minimum atomic E-state index is -0.779. The van der Waals surface area contributed by atoms with E-state index in [1.54, 1.807) is 32.2 Å². The van der Waals surface area contributed by atoms with Gasteiger partial charge in [0.1, 0.15) is 6.10 Å². The second-order valence-electron chi connectivity index (χ2n) is 3.67. The molecule has 1 unspecified atom stereocenters. The first-order chi connectivity index (χ1) is 8.67. The molecule has 0 aliphatic heterocycles. The maximum atomic E-state index is 9.37. The van der Waals surface area contributed by atoms with Crippen molar-refractivity contribution in [3.63, 3.8) is 0 Å². The second-order valence-corrected chi connectivity index (χ2v) is 3.67. The fraction of sp³-hybridized carbons (Fsp3) is 0.333. The van der Waals surface area contributed by atoms with Gasteiger partial charge in [0.2, 0.25) is 0 Å². The SMILES string of the molecule is COc1cccc(-c2nc(C(C)O)no2)c1OC. The van der Waals surface area contributed by atoms with Crippen LogP contribution in [0.3, 0.4) is 0 Å². The van der Waals surface area contributed by atoms with Crippen molar-refractivity contribution in [2.75, 3.05) is 14.2 Å². The Kier molecular flexibility index (Phi) is 3.47. The molecule has 0 aliphatic carbocycles. The molecule has 1 aromatic heterocycles. The Balaban J connectivity index is 2.49. The first-order valence-electron chi connectivity index (χ1n) is 5.40. The molecule has 1 atom stereocenters. The fourth-order valence-corrected chi connectivity index (χ4v) is 1.57. The fourth-order valence-electron chi connectivity index (χ4n) is 1.57. The Morgan fingerprint density at radius 3 is 2.61 bits per heavy atom. The van der Waals surface area contributed by atoms with E-state index in [9.17, 15) is 5.11 Å². The van der Waals surface area contributed by atoms with E-state index in [1.165, 1.54) is 7.11 Å². The first kappa shape index (κ1) is 12.4. The highest BCUT2D eigenvalue weighted by Gasteiger charge is 2.18. The molecule has 0 aliphatic rings. The van der Waals surface area contributed by atoms with E-state index in [1.807, 2.05) is 0 Å². The topological polar surface area (TPSA) is 77.6 Å². The highest BCUT2D eigenvalue weighted by Crippen LogP contribution is 2.37. The maximum Gasteiger partial charge on any atom is 0.261 e. The molecule has 1 N–H and O–H groups in total. The zero-order valence-corrected chi connectivity index (χ0v) is 10.4. The van der Waals surface area contributed by atoms with Gasteiger partial charge in [-0.2, -0.15) is 4.98 Å².